The van der Waals surface area contributed by atoms with Crippen LogP contribution < -0.4 is 5.32 Å². The van der Waals surface area contributed by atoms with Crippen molar-refractivity contribution >= 4 is 19.7 Å². The van der Waals surface area contributed by atoms with Crippen LogP contribution in [-0.2, 0) is 19.7 Å². The van der Waals surface area contributed by atoms with Gasteiger partial charge in [0.15, 0.2) is 19.7 Å². The van der Waals surface area contributed by atoms with E-state index in [0.717, 1.165) is 12.1 Å². The smallest absolute Gasteiger partial charge is 0.183 e. The molecule has 2 rings (SSSR count). The predicted molar refractivity (Wildman–Crippen MR) is 86.4 cm³/mol. The molecule has 0 aliphatic carbocycles. The van der Waals surface area contributed by atoms with Gasteiger partial charge in [-0.2, -0.15) is 0 Å². The standard InChI is InChI=1S/C14H21FN2O4S2/c1-17(2)8-7-16-13-9-22(18,19)10-14(13)23(20,21)12-5-3-11(15)4-6-12/h3-6,13-14,16H,7-10H2,1-2H3/t13-,14-/m0/s1. The highest BCUT2D eigenvalue weighted by Gasteiger charge is 2.45. The second-order valence-electron chi connectivity index (χ2n) is 5.98. The van der Waals surface area contributed by atoms with Gasteiger partial charge in [-0.25, -0.2) is 21.2 Å². The van der Waals surface area contributed by atoms with E-state index in [4.69, 9.17) is 0 Å². The number of halogens is 1. The van der Waals surface area contributed by atoms with Gasteiger partial charge in [-0.05, 0) is 38.4 Å². The average Bonchev–Trinajstić information content (AvgIpc) is 2.75. The third-order valence-electron chi connectivity index (χ3n) is 3.81. The van der Waals surface area contributed by atoms with Gasteiger partial charge in [0.1, 0.15) is 5.82 Å². The van der Waals surface area contributed by atoms with Gasteiger partial charge in [-0.15, -0.1) is 0 Å². The maximum atomic E-state index is 13.0. The van der Waals surface area contributed by atoms with E-state index < -0.39 is 42.5 Å². The molecule has 2 atom stereocenters. The van der Waals surface area contributed by atoms with Crippen molar-refractivity contribution < 1.29 is 21.2 Å². The number of hydrogen-bond acceptors (Lipinski definition) is 6. The van der Waals surface area contributed by atoms with Crippen molar-refractivity contribution in [1.29, 1.82) is 0 Å². The monoisotopic (exact) mass is 364 g/mol. The van der Waals surface area contributed by atoms with Crippen molar-refractivity contribution in [2.75, 3.05) is 38.7 Å². The summed E-state index contributed by atoms with van der Waals surface area (Å²) in [4.78, 5) is 1.86. The Bertz CT molecular complexity index is 745. The molecule has 1 aliphatic heterocycles. The van der Waals surface area contributed by atoms with Gasteiger partial charge in [0.25, 0.3) is 0 Å². The molecule has 130 valence electrons. The molecule has 1 N–H and O–H groups in total. The SMILES string of the molecule is CN(C)CCN[C@H]1CS(=O)(=O)C[C@@H]1S(=O)(=O)c1ccc(F)cc1. The Hall–Kier alpha value is -1.03. The summed E-state index contributed by atoms with van der Waals surface area (Å²) in [7, 11) is -3.52. The summed E-state index contributed by atoms with van der Waals surface area (Å²) in [6.45, 7) is 1.16. The van der Waals surface area contributed by atoms with Crippen LogP contribution in [0.5, 0.6) is 0 Å². The molecule has 1 aliphatic rings. The number of benzene rings is 1. The zero-order valence-electron chi connectivity index (χ0n) is 13.1. The topological polar surface area (TPSA) is 83.6 Å². The lowest BCUT2D eigenvalue weighted by atomic mass is 10.2. The molecular weight excluding hydrogens is 343 g/mol. The molecule has 1 saturated heterocycles. The zero-order chi connectivity index (χ0) is 17.3. The van der Waals surface area contributed by atoms with Crippen molar-refractivity contribution in [2.24, 2.45) is 0 Å². The minimum absolute atomic E-state index is 0.0552. The van der Waals surface area contributed by atoms with Gasteiger partial charge < -0.3 is 10.2 Å². The highest BCUT2D eigenvalue weighted by Crippen LogP contribution is 2.26. The maximum Gasteiger partial charge on any atom is 0.183 e. The minimum atomic E-state index is -3.85. The van der Waals surface area contributed by atoms with Crippen LogP contribution >= 0.6 is 0 Å². The molecule has 1 aromatic rings. The number of hydrogen-bond donors (Lipinski definition) is 1. The second-order valence-corrected chi connectivity index (χ2v) is 10.3. The maximum absolute atomic E-state index is 13.0. The first-order valence-electron chi connectivity index (χ1n) is 7.20. The lowest BCUT2D eigenvalue weighted by Crippen LogP contribution is -2.45. The molecule has 23 heavy (non-hydrogen) atoms. The van der Waals surface area contributed by atoms with Crippen LogP contribution in [0.1, 0.15) is 0 Å². The van der Waals surface area contributed by atoms with E-state index >= 15 is 0 Å². The van der Waals surface area contributed by atoms with Gasteiger partial charge in [0, 0.05) is 19.1 Å². The number of rotatable bonds is 6. The van der Waals surface area contributed by atoms with E-state index in [2.05, 4.69) is 5.32 Å². The van der Waals surface area contributed by atoms with Gasteiger partial charge in [0.2, 0.25) is 0 Å². The molecule has 0 spiro atoms. The summed E-state index contributed by atoms with van der Waals surface area (Å²) in [5.74, 6) is -1.15. The molecule has 0 aromatic heterocycles. The molecule has 0 bridgehead atoms. The molecule has 6 nitrogen and oxygen atoms in total. The Labute approximate surface area is 136 Å². The largest absolute Gasteiger partial charge is 0.310 e. The molecule has 9 heteroatoms. The van der Waals surface area contributed by atoms with Crippen molar-refractivity contribution in [3.63, 3.8) is 0 Å². The number of likely N-dealkylation sites (N-methyl/N-ethyl adjacent to an activating group) is 1. The summed E-state index contributed by atoms with van der Waals surface area (Å²) < 4.78 is 62.2. The lowest BCUT2D eigenvalue weighted by Gasteiger charge is -2.21. The summed E-state index contributed by atoms with van der Waals surface area (Å²) in [6.07, 6.45) is 0. The molecule has 0 amide bonds. The first-order valence-corrected chi connectivity index (χ1v) is 10.6. The first kappa shape index (κ1) is 18.3. The number of nitrogens with one attached hydrogen (secondary N) is 1. The molecule has 1 heterocycles. The van der Waals surface area contributed by atoms with Gasteiger partial charge in [-0.1, -0.05) is 0 Å². The van der Waals surface area contributed by atoms with Crippen molar-refractivity contribution in [1.82, 2.24) is 10.2 Å². The van der Waals surface area contributed by atoms with E-state index in [1.807, 2.05) is 19.0 Å². The van der Waals surface area contributed by atoms with Gasteiger partial charge >= 0.3 is 0 Å². The normalized spacial score (nSPS) is 24.2. The molecule has 0 saturated carbocycles. The van der Waals surface area contributed by atoms with Crippen LogP contribution in [0.15, 0.2) is 29.2 Å². The molecule has 0 unspecified atom stereocenters. The van der Waals surface area contributed by atoms with Crippen LogP contribution in [0.4, 0.5) is 4.39 Å². The zero-order valence-corrected chi connectivity index (χ0v) is 14.7. The van der Waals surface area contributed by atoms with E-state index in [9.17, 15) is 21.2 Å². The average molecular weight is 364 g/mol. The summed E-state index contributed by atoms with van der Waals surface area (Å²) in [5.41, 5.74) is 0. The fourth-order valence-corrected chi connectivity index (χ4v) is 7.30. The van der Waals surface area contributed by atoms with Crippen LogP contribution in [0.25, 0.3) is 0 Å². The quantitative estimate of drug-likeness (QED) is 0.711. The van der Waals surface area contributed by atoms with Crippen LogP contribution in [-0.4, -0.2) is 71.7 Å². The Balaban J connectivity index is 2.24. The Morgan fingerprint density at radius 2 is 1.83 bits per heavy atom. The third kappa shape index (κ3) is 4.50. The van der Waals surface area contributed by atoms with Crippen molar-refractivity contribution in [2.45, 2.75) is 16.2 Å². The molecular formula is C14H21FN2O4S2. The summed E-state index contributed by atoms with van der Waals surface area (Å²) >= 11 is 0. The van der Waals surface area contributed by atoms with Crippen LogP contribution in [0.3, 0.4) is 0 Å². The lowest BCUT2D eigenvalue weighted by molar-refractivity contribution is 0.388. The Morgan fingerprint density at radius 1 is 1.22 bits per heavy atom. The van der Waals surface area contributed by atoms with E-state index in [0.29, 0.717) is 13.1 Å². The molecule has 1 aromatic carbocycles. The van der Waals surface area contributed by atoms with Gasteiger partial charge in [0.05, 0.1) is 21.7 Å². The predicted octanol–water partition coefficient (Wildman–Crippen LogP) is -0.0838. The Morgan fingerprint density at radius 3 is 2.39 bits per heavy atom. The fourth-order valence-electron chi connectivity index (χ4n) is 2.58. The Kier molecular flexibility index (Phi) is 5.44. The minimum Gasteiger partial charge on any atom is -0.310 e. The highest BCUT2D eigenvalue weighted by atomic mass is 32.2. The molecule has 1 fully saturated rings. The van der Waals surface area contributed by atoms with E-state index in [-0.39, 0.29) is 10.6 Å². The summed E-state index contributed by atoms with van der Waals surface area (Å²) in [5, 5.41) is 1.98. The summed E-state index contributed by atoms with van der Waals surface area (Å²) in [6, 6.07) is 3.81. The molecule has 0 radical (unpaired) electrons. The van der Waals surface area contributed by atoms with Gasteiger partial charge in [-0.3, -0.25) is 0 Å². The fraction of sp³-hybridized carbons (Fsp3) is 0.571. The van der Waals surface area contributed by atoms with Crippen LogP contribution in [0.2, 0.25) is 0 Å². The first-order chi connectivity index (χ1) is 10.6. The number of nitrogens with zero attached hydrogens (tertiary/aromatic N) is 1. The van der Waals surface area contributed by atoms with Crippen molar-refractivity contribution in [3.8, 4) is 0 Å². The third-order valence-corrected chi connectivity index (χ3v) is 7.97. The van der Waals surface area contributed by atoms with Crippen molar-refractivity contribution in [3.05, 3.63) is 30.1 Å². The second kappa shape index (κ2) is 6.84. The van der Waals surface area contributed by atoms with E-state index in [1.165, 1.54) is 12.1 Å². The van der Waals surface area contributed by atoms with E-state index in [1.54, 1.807) is 0 Å². The number of sulfone groups is 2. The van der Waals surface area contributed by atoms with Crippen LogP contribution in [0, 0.1) is 5.82 Å². The highest BCUT2D eigenvalue weighted by molar-refractivity contribution is 7.96.